The third kappa shape index (κ3) is 3.97. The maximum Gasteiger partial charge on any atom is 0.435 e. The molecule has 1 aromatic heterocycles. The molecule has 2 aliphatic rings. The van der Waals surface area contributed by atoms with E-state index in [4.69, 9.17) is 0 Å². The van der Waals surface area contributed by atoms with Crippen LogP contribution >= 0.6 is 0 Å². The summed E-state index contributed by atoms with van der Waals surface area (Å²) in [5.74, 6) is 0.0504. The van der Waals surface area contributed by atoms with Crippen molar-refractivity contribution in [2.24, 2.45) is 5.41 Å². The van der Waals surface area contributed by atoms with E-state index >= 15 is 0 Å². The summed E-state index contributed by atoms with van der Waals surface area (Å²) in [6.45, 7) is 0.693. The Hall–Kier alpha value is -1.37. The minimum atomic E-state index is -4.41. The number of carbonyl (C=O) groups is 1. The van der Waals surface area contributed by atoms with Crippen molar-refractivity contribution in [2.45, 2.75) is 69.5 Å². The molecule has 4 nitrogen and oxygen atoms in total. The number of halogens is 3. The van der Waals surface area contributed by atoms with E-state index in [-0.39, 0.29) is 17.4 Å². The lowest BCUT2D eigenvalue weighted by atomic mass is 9.70. The third-order valence-electron chi connectivity index (χ3n) is 6.01. The molecule has 2 fully saturated rings. The molecule has 7 heteroatoms. The van der Waals surface area contributed by atoms with Gasteiger partial charge in [-0.05, 0) is 58.7 Å². The first-order valence-corrected chi connectivity index (χ1v) is 9.52. The Balaban J connectivity index is 1.83. The van der Waals surface area contributed by atoms with Gasteiger partial charge in [0.25, 0.3) is 0 Å². The average molecular weight is 371 g/mol. The Bertz CT molecular complexity index is 624. The number of nitrogens with zero attached hydrogens (tertiary/aromatic N) is 3. The summed E-state index contributed by atoms with van der Waals surface area (Å²) >= 11 is 0. The predicted octanol–water partition coefficient (Wildman–Crippen LogP) is 4.42. The summed E-state index contributed by atoms with van der Waals surface area (Å²) in [5, 5.41) is 3.96. The number of aromatic nitrogens is 2. The molecule has 0 aromatic carbocycles. The smallest absolute Gasteiger partial charge is 0.308 e. The van der Waals surface area contributed by atoms with Crippen LogP contribution in [0.5, 0.6) is 0 Å². The summed E-state index contributed by atoms with van der Waals surface area (Å²) in [6, 6.07) is 1.34. The molecule has 26 heavy (non-hydrogen) atoms. The van der Waals surface area contributed by atoms with Gasteiger partial charge >= 0.3 is 6.18 Å². The lowest BCUT2D eigenvalue weighted by Crippen LogP contribution is -2.38. The molecular formula is C19H28F3N3O. The van der Waals surface area contributed by atoms with Crippen molar-refractivity contribution in [3.63, 3.8) is 0 Å². The van der Waals surface area contributed by atoms with Gasteiger partial charge in [0.2, 0.25) is 0 Å². The van der Waals surface area contributed by atoms with E-state index < -0.39 is 11.9 Å². The standard InChI is InChI=1S/C19H28F3N3O/c1-24(2)12-18(13-26)9-7-14(8-10-18)16-11-17(19(20,21)22)23-25(16)15-5-3-4-6-15/h11,13-15H,3-10,12H2,1-2H3. The van der Waals surface area contributed by atoms with Crippen molar-refractivity contribution < 1.29 is 18.0 Å². The van der Waals surface area contributed by atoms with Crippen LogP contribution in [0.3, 0.4) is 0 Å². The number of carbonyl (C=O) groups excluding carboxylic acids is 1. The first kappa shape index (κ1) is 19.4. The number of hydrogen-bond acceptors (Lipinski definition) is 3. The molecule has 0 unspecified atom stereocenters. The van der Waals surface area contributed by atoms with Crippen LogP contribution in [0.4, 0.5) is 13.2 Å². The van der Waals surface area contributed by atoms with Gasteiger partial charge in [-0.15, -0.1) is 0 Å². The van der Waals surface area contributed by atoms with Crippen LogP contribution in [0.15, 0.2) is 6.07 Å². The van der Waals surface area contributed by atoms with E-state index in [2.05, 4.69) is 5.10 Å². The van der Waals surface area contributed by atoms with Gasteiger partial charge < -0.3 is 9.69 Å². The van der Waals surface area contributed by atoms with Crippen LogP contribution in [-0.2, 0) is 11.0 Å². The summed E-state index contributed by atoms with van der Waals surface area (Å²) in [7, 11) is 3.89. The van der Waals surface area contributed by atoms with Crippen LogP contribution in [0.25, 0.3) is 0 Å². The van der Waals surface area contributed by atoms with E-state index in [9.17, 15) is 18.0 Å². The zero-order chi connectivity index (χ0) is 18.9. The van der Waals surface area contributed by atoms with Gasteiger partial charge in [-0.25, -0.2) is 0 Å². The summed E-state index contributed by atoms with van der Waals surface area (Å²) in [5.41, 5.74) is -0.432. The average Bonchev–Trinajstić information content (AvgIpc) is 3.23. The van der Waals surface area contributed by atoms with Crippen molar-refractivity contribution in [3.05, 3.63) is 17.5 Å². The van der Waals surface area contributed by atoms with Gasteiger partial charge in [0.15, 0.2) is 5.69 Å². The molecule has 0 N–H and O–H groups in total. The molecule has 0 radical (unpaired) electrons. The van der Waals surface area contributed by atoms with Crippen LogP contribution in [0.1, 0.15) is 74.7 Å². The lowest BCUT2D eigenvalue weighted by Gasteiger charge is -2.38. The molecule has 3 rings (SSSR count). The van der Waals surface area contributed by atoms with Crippen LogP contribution in [0, 0.1) is 5.41 Å². The molecule has 146 valence electrons. The van der Waals surface area contributed by atoms with Gasteiger partial charge in [-0.3, -0.25) is 4.68 Å². The second kappa shape index (κ2) is 7.33. The topological polar surface area (TPSA) is 38.1 Å². The van der Waals surface area contributed by atoms with Crippen LogP contribution in [-0.4, -0.2) is 41.6 Å². The quantitative estimate of drug-likeness (QED) is 0.719. The van der Waals surface area contributed by atoms with Crippen molar-refractivity contribution in [1.82, 2.24) is 14.7 Å². The molecule has 0 saturated heterocycles. The number of alkyl halides is 3. The normalized spacial score (nSPS) is 28.0. The van der Waals surface area contributed by atoms with Crippen molar-refractivity contribution in [2.75, 3.05) is 20.6 Å². The second-order valence-electron chi connectivity index (χ2n) is 8.33. The molecular weight excluding hydrogens is 343 g/mol. The van der Waals surface area contributed by atoms with Crippen LogP contribution < -0.4 is 0 Å². The van der Waals surface area contributed by atoms with Gasteiger partial charge in [0, 0.05) is 23.6 Å². The fourth-order valence-corrected chi connectivity index (χ4v) is 4.73. The van der Waals surface area contributed by atoms with Gasteiger partial charge in [0.05, 0.1) is 6.04 Å². The Labute approximate surface area is 152 Å². The zero-order valence-electron chi connectivity index (χ0n) is 15.6. The monoisotopic (exact) mass is 371 g/mol. The minimum Gasteiger partial charge on any atom is -0.308 e. The Kier molecular flexibility index (Phi) is 5.47. The molecule has 0 spiro atoms. The van der Waals surface area contributed by atoms with Gasteiger partial charge in [-0.1, -0.05) is 12.8 Å². The molecule has 2 saturated carbocycles. The zero-order valence-corrected chi connectivity index (χ0v) is 15.6. The molecule has 2 aliphatic carbocycles. The van der Waals surface area contributed by atoms with Crippen LogP contribution in [0.2, 0.25) is 0 Å². The highest BCUT2D eigenvalue weighted by Gasteiger charge is 2.40. The molecule has 0 atom stereocenters. The summed E-state index contributed by atoms with van der Waals surface area (Å²) in [6.07, 6.45) is 3.45. The summed E-state index contributed by atoms with van der Waals surface area (Å²) in [4.78, 5) is 13.7. The molecule has 1 aromatic rings. The highest BCUT2D eigenvalue weighted by atomic mass is 19.4. The number of hydrogen-bond donors (Lipinski definition) is 0. The third-order valence-corrected chi connectivity index (χ3v) is 6.01. The Morgan fingerprint density at radius 2 is 1.85 bits per heavy atom. The predicted molar refractivity (Wildman–Crippen MR) is 93.0 cm³/mol. The molecule has 0 aliphatic heterocycles. The van der Waals surface area contributed by atoms with Crippen molar-refractivity contribution >= 4 is 6.29 Å². The van der Waals surface area contributed by atoms with Gasteiger partial charge in [0.1, 0.15) is 6.29 Å². The SMILES string of the molecule is CN(C)CC1(C=O)CCC(c2cc(C(F)(F)F)nn2C2CCCC2)CC1. The van der Waals surface area contributed by atoms with Crippen molar-refractivity contribution in [1.29, 1.82) is 0 Å². The van der Waals surface area contributed by atoms with E-state index in [1.54, 1.807) is 4.68 Å². The highest BCUT2D eigenvalue weighted by molar-refractivity contribution is 5.60. The fraction of sp³-hybridized carbons (Fsp3) is 0.789. The van der Waals surface area contributed by atoms with E-state index in [1.807, 2.05) is 19.0 Å². The first-order valence-electron chi connectivity index (χ1n) is 9.52. The molecule has 0 amide bonds. The van der Waals surface area contributed by atoms with E-state index in [1.165, 1.54) is 6.07 Å². The highest BCUT2D eigenvalue weighted by Crippen LogP contribution is 2.45. The fourth-order valence-electron chi connectivity index (χ4n) is 4.73. The van der Waals surface area contributed by atoms with Crippen molar-refractivity contribution in [3.8, 4) is 0 Å². The van der Waals surface area contributed by atoms with E-state index in [0.717, 1.165) is 57.7 Å². The Morgan fingerprint density at radius 3 is 2.35 bits per heavy atom. The van der Waals surface area contributed by atoms with E-state index in [0.29, 0.717) is 12.2 Å². The second-order valence-corrected chi connectivity index (χ2v) is 8.33. The minimum absolute atomic E-state index is 0.0504. The molecule has 1 heterocycles. The molecule has 0 bridgehead atoms. The number of aldehydes is 1. The summed E-state index contributed by atoms with van der Waals surface area (Å²) < 4.78 is 41.4. The first-order chi connectivity index (χ1) is 12.2. The lowest BCUT2D eigenvalue weighted by molar-refractivity contribution is -0.141. The Morgan fingerprint density at radius 1 is 1.23 bits per heavy atom. The van der Waals surface area contributed by atoms with Gasteiger partial charge in [-0.2, -0.15) is 18.3 Å². The maximum absolute atomic E-state index is 13.2. The largest absolute Gasteiger partial charge is 0.435 e. The number of rotatable bonds is 5. The maximum atomic E-state index is 13.2.